The topological polar surface area (TPSA) is 85.8 Å². The van der Waals surface area contributed by atoms with Crippen molar-refractivity contribution in [3.05, 3.63) is 58.7 Å². The quantitative estimate of drug-likeness (QED) is 0.462. The zero-order chi connectivity index (χ0) is 22.1. The molecule has 158 valence electrons. The molecule has 6 nitrogen and oxygen atoms in total. The minimum atomic E-state index is -0.103. The minimum Gasteiger partial charge on any atom is -0.335 e. The first-order chi connectivity index (χ1) is 14.1. The van der Waals surface area contributed by atoms with Crippen molar-refractivity contribution in [2.45, 2.75) is 52.1 Å². The summed E-state index contributed by atoms with van der Waals surface area (Å²) in [7, 11) is 0. The molecule has 0 radical (unpaired) electrons. The molecule has 1 heterocycles. The van der Waals surface area contributed by atoms with E-state index >= 15 is 0 Å². The monoisotopic (exact) mass is 423 g/mol. The Balaban J connectivity index is 1.68. The van der Waals surface area contributed by atoms with Crippen LogP contribution in [0.3, 0.4) is 0 Å². The van der Waals surface area contributed by atoms with Crippen LogP contribution in [-0.2, 0) is 10.2 Å². The highest BCUT2D eigenvalue weighted by atomic mass is 32.2. The lowest BCUT2D eigenvalue weighted by Gasteiger charge is -2.19. The highest BCUT2D eigenvalue weighted by Crippen LogP contribution is 2.27. The molecule has 0 saturated carbocycles. The van der Waals surface area contributed by atoms with Gasteiger partial charge in [0.15, 0.2) is 5.82 Å². The number of anilines is 1. The molecule has 3 aromatic rings. The molecule has 7 heteroatoms. The summed E-state index contributed by atoms with van der Waals surface area (Å²) in [5, 5.41) is 11.9. The van der Waals surface area contributed by atoms with E-state index in [-0.39, 0.29) is 17.1 Å². The summed E-state index contributed by atoms with van der Waals surface area (Å²) in [4.78, 5) is 12.5. The Hall–Kier alpha value is -2.80. The van der Waals surface area contributed by atoms with Crippen LogP contribution in [0.25, 0.3) is 11.4 Å². The second kappa shape index (κ2) is 8.52. The third-order valence-electron chi connectivity index (χ3n) is 4.95. The van der Waals surface area contributed by atoms with Gasteiger partial charge in [-0.1, -0.05) is 74.5 Å². The second-order valence-electron chi connectivity index (χ2n) is 8.61. The van der Waals surface area contributed by atoms with Crippen molar-refractivity contribution in [2.75, 3.05) is 16.9 Å². The van der Waals surface area contributed by atoms with Crippen LogP contribution in [-0.4, -0.2) is 26.5 Å². The molecule has 2 aromatic carbocycles. The van der Waals surface area contributed by atoms with Crippen molar-refractivity contribution in [3.63, 3.8) is 0 Å². The molecule has 0 fully saturated rings. The molecule has 1 aromatic heterocycles. The maximum Gasteiger partial charge on any atom is 0.234 e. The molecular formula is C23H29N5OS. The smallest absolute Gasteiger partial charge is 0.234 e. The van der Waals surface area contributed by atoms with Crippen LogP contribution in [0.2, 0.25) is 0 Å². The molecule has 0 atom stereocenters. The van der Waals surface area contributed by atoms with Gasteiger partial charge in [0.2, 0.25) is 11.1 Å². The van der Waals surface area contributed by atoms with Crippen molar-refractivity contribution in [3.8, 4) is 11.4 Å². The van der Waals surface area contributed by atoms with Crippen LogP contribution in [0.4, 0.5) is 5.69 Å². The largest absolute Gasteiger partial charge is 0.335 e. The summed E-state index contributed by atoms with van der Waals surface area (Å²) in [5.74, 6) is 6.87. The summed E-state index contributed by atoms with van der Waals surface area (Å²) in [6, 6.07) is 12.3. The van der Waals surface area contributed by atoms with Gasteiger partial charge in [0.05, 0.1) is 5.75 Å². The number of nitrogens with zero attached hydrogens (tertiary/aromatic N) is 3. The zero-order valence-electron chi connectivity index (χ0n) is 18.4. The molecule has 0 aliphatic heterocycles. The van der Waals surface area contributed by atoms with Crippen molar-refractivity contribution in [2.24, 2.45) is 0 Å². The van der Waals surface area contributed by atoms with Crippen molar-refractivity contribution in [1.82, 2.24) is 14.9 Å². The number of amides is 1. The average Bonchev–Trinajstić information content (AvgIpc) is 3.03. The number of hydrogen-bond acceptors (Lipinski definition) is 5. The van der Waals surface area contributed by atoms with Gasteiger partial charge in [-0.3, -0.25) is 4.79 Å². The van der Waals surface area contributed by atoms with Crippen LogP contribution >= 0.6 is 11.8 Å². The fraction of sp³-hybridized carbons (Fsp3) is 0.348. The first-order valence-electron chi connectivity index (χ1n) is 9.88. The predicted octanol–water partition coefficient (Wildman–Crippen LogP) is 4.61. The Morgan fingerprint density at radius 2 is 1.67 bits per heavy atom. The Morgan fingerprint density at radius 3 is 2.23 bits per heavy atom. The van der Waals surface area contributed by atoms with Crippen LogP contribution in [0.5, 0.6) is 0 Å². The summed E-state index contributed by atoms with van der Waals surface area (Å²) in [6.07, 6.45) is 0. The van der Waals surface area contributed by atoms with Gasteiger partial charge in [-0.25, -0.2) is 4.68 Å². The Morgan fingerprint density at radius 1 is 1.07 bits per heavy atom. The van der Waals surface area contributed by atoms with Crippen molar-refractivity contribution in [1.29, 1.82) is 0 Å². The van der Waals surface area contributed by atoms with Crippen LogP contribution in [0.15, 0.2) is 41.6 Å². The van der Waals surface area contributed by atoms with Gasteiger partial charge >= 0.3 is 0 Å². The number of nitrogens with two attached hydrogens (primary N) is 1. The summed E-state index contributed by atoms with van der Waals surface area (Å²) in [6.45, 7) is 12.6. The lowest BCUT2D eigenvalue weighted by atomic mass is 9.87. The van der Waals surface area contributed by atoms with Crippen molar-refractivity contribution >= 4 is 23.4 Å². The molecule has 0 saturated heterocycles. The highest BCUT2D eigenvalue weighted by molar-refractivity contribution is 7.99. The van der Waals surface area contributed by atoms with Crippen LogP contribution in [0, 0.1) is 20.8 Å². The van der Waals surface area contributed by atoms with Gasteiger partial charge in [0.1, 0.15) is 0 Å². The Bertz CT molecular complexity index is 1040. The minimum absolute atomic E-state index is 0.0808. The molecule has 0 aliphatic rings. The Labute approximate surface area is 182 Å². The maximum atomic E-state index is 12.5. The highest BCUT2D eigenvalue weighted by Gasteiger charge is 2.17. The third kappa shape index (κ3) is 4.84. The van der Waals surface area contributed by atoms with Gasteiger partial charge in [-0.2, -0.15) is 0 Å². The van der Waals surface area contributed by atoms with Crippen LogP contribution < -0.4 is 11.2 Å². The number of thioether (sulfide) groups is 1. The third-order valence-corrected chi connectivity index (χ3v) is 5.89. The van der Waals surface area contributed by atoms with E-state index in [1.165, 1.54) is 27.6 Å². The number of aryl methyl sites for hydroxylation is 3. The number of aromatic nitrogens is 3. The van der Waals surface area contributed by atoms with E-state index in [0.29, 0.717) is 11.0 Å². The first-order valence-corrected chi connectivity index (χ1v) is 10.9. The number of benzene rings is 2. The predicted molar refractivity (Wildman–Crippen MR) is 124 cm³/mol. The summed E-state index contributed by atoms with van der Waals surface area (Å²) in [5.41, 5.74) is 6.35. The molecular weight excluding hydrogens is 394 g/mol. The van der Waals surface area contributed by atoms with Gasteiger partial charge in [0, 0.05) is 11.3 Å². The van der Waals surface area contributed by atoms with E-state index in [9.17, 15) is 4.79 Å². The van der Waals surface area contributed by atoms with Gasteiger partial charge in [0.25, 0.3) is 0 Å². The lowest BCUT2D eigenvalue weighted by Crippen LogP contribution is -2.17. The summed E-state index contributed by atoms with van der Waals surface area (Å²) >= 11 is 1.26. The SMILES string of the molecule is Cc1cc(C)c(NC(=O)CSc2nnc(-c3ccc(C(C)(C)C)cc3)n2N)c(C)c1. The van der Waals surface area contributed by atoms with E-state index < -0.39 is 0 Å². The number of nitrogen functional groups attached to an aromatic ring is 1. The number of rotatable bonds is 5. The molecule has 30 heavy (non-hydrogen) atoms. The maximum absolute atomic E-state index is 12.5. The molecule has 0 spiro atoms. The molecule has 3 N–H and O–H groups in total. The molecule has 0 aliphatic carbocycles. The van der Waals surface area contributed by atoms with E-state index in [1.54, 1.807) is 0 Å². The van der Waals surface area contributed by atoms with Gasteiger partial charge in [-0.05, 0) is 42.9 Å². The molecule has 1 amide bonds. The van der Waals surface area contributed by atoms with Gasteiger partial charge < -0.3 is 11.2 Å². The fourth-order valence-corrected chi connectivity index (χ4v) is 4.03. The first kappa shape index (κ1) is 21.9. The molecule has 0 bridgehead atoms. The number of nitrogens with one attached hydrogen (secondary N) is 1. The van der Waals surface area contributed by atoms with E-state index in [2.05, 4.69) is 60.6 Å². The zero-order valence-corrected chi connectivity index (χ0v) is 19.2. The number of carbonyl (C=O) groups is 1. The molecule has 0 unspecified atom stereocenters. The van der Waals surface area contributed by atoms with Gasteiger partial charge in [-0.15, -0.1) is 10.2 Å². The lowest BCUT2D eigenvalue weighted by molar-refractivity contribution is -0.113. The number of hydrogen-bond donors (Lipinski definition) is 2. The summed E-state index contributed by atoms with van der Waals surface area (Å²) < 4.78 is 1.44. The number of carbonyl (C=O) groups excluding carboxylic acids is 1. The van der Waals surface area contributed by atoms with Crippen molar-refractivity contribution < 1.29 is 4.79 Å². The van der Waals surface area contributed by atoms with E-state index in [0.717, 1.165) is 22.4 Å². The Kier molecular flexibility index (Phi) is 6.22. The molecule has 3 rings (SSSR count). The van der Waals surface area contributed by atoms with Crippen LogP contribution in [0.1, 0.15) is 43.0 Å². The van der Waals surface area contributed by atoms with E-state index in [4.69, 9.17) is 5.84 Å². The average molecular weight is 424 g/mol. The normalized spacial score (nSPS) is 11.5. The second-order valence-corrected chi connectivity index (χ2v) is 9.56. The fourth-order valence-electron chi connectivity index (χ4n) is 3.37. The van der Waals surface area contributed by atoms with E-state index in [1.807, 2.05) is 32.9 Å². The standard InChI is InChI=1S/C23H29N5OS/c1-14-11-15(2)20(16(3)12-14)25-19(29)13-30-22-27-26-21(28(22)24)17-7-9-18(10-8-17)23(4,5)6/h7-12H,13,24H2,1-6H3,(H,25,29).